The van der Waals surface area contributed by atoms with Gasteiger partial charge in [0.05, 0.1) is 23.8 Å². The van der Waals surface area contributed by atoms with Gasteiger partial charge in [-0.25, -0.2) is 4.79 Å². The van der Waals surface area contributed by atoms with Crippen molar-refractivity contribution in [3.63, 3.8) is 0 Å². The maximum atomic E-state index is 11.5. The molecule has 82 valence electrons. The molecule has 0 radical (unpaired) electrons. The minimum absolute atomic E-state index is 0.272. The van der Waals surface area contributed by atoms with Crippen molar-refractivity contribution in [1.29, 1.82) is 0 Å². The molecule has 0 heterocycles. The van der Waals surface area contributed by atoms with E-state index in [0.717, 1.165) is 0 Å². The second-order valence-electron chi connectivity index (χ2n) is 2.69. The van der Waals surface area contributed by atoms with Crippen LogP contribution < -0.4 is 4.74 Å². The maximum absolute atomic E-state index is 11.5. The van der Waals surface area contributed by atoms with Gasteiger partial charge >= 0.3 is 5.97 Å². The van der Waals surface area contributed by atoms with Crippen LogP contribution in [0.2, 0.25) is 10.0 Å². The minimum atomic E-state index is -0.479. The lowest BCUT2D eigenvalue weighted by Gasteiger charge is -2.08. The molecule has 0 N–H and O–H groups in total. The topological polar surface area (TPSA) is 35.5 Å². The lowest BCUT2D eigenvalue weighted by atomic mass is 10.2. The van der Waals surface area contributed by atoms with E-state index in [4.69, 9.17) is 32.7 Å². The van der Waals surface area contributed by atoms with E-state index < -0.39 is 5.97 Å². The Hall–Kier alpha value is -0.930. The van der Waals surface area contributed by atoms with Crippen LogP contribution in [0.1, 0.15) is 17.3 Å². The molecule has 0 atom stereocenters. The Labute approximate surface area is 97.9 Å². The van der Waals surface area contributed by atoms with Crippen molar-refractivity contribution in [2.45, 2.75) is 6.92 Å². The molecule has 0 amide bonds. The second kappa shape index (κ2) is 5.24. The molecule has 1 aromatic rings. The number of esters is 1. The lowest BCUT2D eigenvalue weighted by Crippen LogP contribution is -2.06. The summed E-state index contributed by atoms with van der Waals surface area (Å²) in [5, 5.41) is 0.627. The average molecular weight is 249 g/mol. The van der Waals surface area contributed by atoms with Crippen molar-refractivity contribution in [1.82, 2.24) is 0 Å². The molecular formula is C10H10Cl2O3. The SMILES string of the molecule is CCOC(=O)c1cc(Cl)c(Cl)cc1OC. The first-order valence-corrected chi connectivity index (χ1v) is 5.05. The van der Waals surface area contributed by atoms with Crippen LogP contribution in [0, 0.1) is 0 Å². The molecule has 0 aliphatic heterocycles. The highest BCUT2D eigenvalue weighted by Crippen LogP contribution is 2.30. The summed E-state index contributed by atoms with van der Waals surface area (Å²) in [4.78, 5) is 11.5. The van der Waals surface area contributed by atoms with Gasteiger partial charge in [-0.3, -0.25) is 0 Å². The van der Waals surface area contributed by atoms with Crippen molar-refractivity contribution >= 4 is 29.2 Å². The smallest absolute Gasteiger partial charge is 0.341 e. The molecule has 3 nitrogen and oxygen atoms in total. The molecule has 0 bridgehead atoms. The molecular weight excluding hydrogens is 239 g/mol. The summed E-state index contributed by atoms with van der Waals surface area (Å²) in [6.45, 7) is 2.02. The molecule has 0 aliphatic rings. The Morgan fingerprint density at radius 2 is 1.93 bits per heavy atom. The standard InChI is InChI=1S/C10H10Cl2O3/c1-3-15-10(13)6-4-7(11)8(12)5-9(6)14-2/h4-5H,3H2,1-2H3. The van der Waals surface area contributed by atoms with Crippen LogP contribution in [0.3, 0.4) is 0 Å². The average Bonchev–Trinajstić information content (AvgIpc) is 2.21. The van der Waals surface area contributed by atoms with Crippen LogP contribution in [0.15, 0.2) is 12.1 Å². The number of rotatable bonds is 3. The zero-order chi connectivity index (χ0) is 11.4. The van der Waals surface area contributed by atoms with Gasteiger partial charge in [0, 0.05) is 6.07 Å². The Kier molecular flexibility index (Phi) is 4.24. The zero-order valence-electron chi connectivity index (χ0n) is 8.34. The molecule has 5 heteroatoms. The molecule has 0 aliphatic carbocycles. The van der Waals surface area contributed by atoms with Crippen LogP contribution >= 0.6 is 23.2 Å². The van der Waals surface area contributed by atoms with E-state index >= 15 is 0 Å². The van der Waals surface area contributed by atoms with Crippen LogP contribution in [0.4, 0.5) is 0 Å². The van der Waals surface area contributed by atoms with Crippen molar-refractivity contribution in [2.24, 2.45) is 0 Å². The third-order valence-corrected chi connectivity index (χ3v) is 2.46. The van der Waals surface area contributed by atoms with E-state index in [1.165, 1.54) is 19.2 Å². The first-order chi connectivity index (χ1) is 7.10. The predicted octanol–water partition coefficient (Wildman–Crippen LogP) is 3.18. The van der Waals surface area contributed by atoms with Crippen LogP contribution in [0.5, 0.6) is 5.75 Å². The molecule has 1 rings (SSSR count). The molecule has 1 aromatic carbocycles. The molecule has 0 unspecified atom stereocenters. The number of benzene rings is 1. The Balaban J connectivity index is 3.15. The van der Waals surface area contributed by atoms with Crippen molar-refractivity contribution < 1.29 is 14.3 Å². The fourth-order valence-electron chi connectivity index (χ4n) is 1.07. The van der Waals surface area contributed by atoms with Crippen LogP contribution in [-0.4, -0.2) is 19.7 Å². The highest BCUT2D eigenvalue weighted by Gasteiger charge is 2.15. The summed E-state index contributed by atoms with van der Waals surface area (Å²) in [5.41, 5.74) is 0.272. The van der Waals surface area contributed by atoms with Gasteiger partial charge in [0.25, 0.3) is 0 Å². The highest BCUT2D eigenvalue weighted by molar-refractivity contribution is 6.42. The van der Waals surface area contributed by atoms with Gasteiger partial charge in [-0.1, -0.05) is 23.2 Å². The Morgan fingerprint density at radius 1 is 1.33 bits per heavy atom. The quantitative estimate of drug-likeness (QED) is 0.771. The van der Waals surface area contributed by atoms with Gasteiger partial charge in [-0.05, 0) is 13.0 Å². The summed E-state index contributed by atoms with van der Waals surface area (Å²) < 4.78 is 9.85. The predicted molar refractivity (Wildman–Crippen MR) is 59.0 cm³/mol. The zero-order valence-corrected chi connectivity index (χ0v) is 9.85. The van der Waals surface area contributed by atoms with Gasteiger partial charge < -0.3 is 9.47 Å². The number of ether oxygens (including phenoxy) is 2. The van der Waals surface area contributed by atoms with Crippen LogP contribution in [0.25, 0.3) is 0 Å². The van der Waals surface area contributed by atoms with Gasteiger partial charge in [-0.2, -0.15) is 0 Å². The van der Waals surface area contributed by atoms with Gasteiger partial charge in [0.1, 0.15) is 11.3 Å². The Bertz CT molecular complexity index is 377. The third kappa shape index (κ3) is 2.76. The van der Waals surface area contributed by atoms with E-state index in [2.05, 4.69) is 0 Å². The number of hydrogen-bond acceptors (Lipinski definition) is 3. The number of hydrogen-bond donors (Lipinski definition) is 0. The molecule has 0 saturated heterocycles. The number of carbonyl (C=O) groups excluding carboxylic acids is 1. The van der Waals surface area contributed by atoms with E-state index in [1.54, 1.807) is 6.92 Å². The number of methoxy groups -OCH3 is 1. The summed E-state index contributed by atoms with van der Waals surface area (Å²) in [6.07, 6.45) is 0. The van der Waals surface area contributed by atoms with Gasteiger partial charge in [-0.15, -0.1) is 0 Å². The highest BCUT2D eigenvalue weighted by atomic mass is 35.5. The van der Waals surface area contributed by atoms with E-state index in [9.17, 15) is 4.79 Å². The van der Waals surface area contributed by atoms with Crippen molar-refractivity contribution in [2.75, 3.05) is 13.7 Å². The first-order valence-electron chi connectivity index (χ1n) is 4.30. The van der Waals surface area contributed by atoms with Crippen molar-refractivity contribution in [3.05, 3.63) is 27.7 Å². The Morgan fingerprint density at radius 3 is 2.47 bits per heavy atom. The molecule has 0 fully saturated rings. The number of carbonyl (C=O) groups is 1. The molecule has 15 heavy (non-hydrogen) atoms. The first kappa shape index (κ1) is 12.1. The summed E-state index contributed by atoms with van der Waals surface area (Å²) in [5.74, 6) is -0.129. The summed E-state index contributed by atoms with van der Waals surface area (Å²) in [7, 11) is 1.45. The molecule has 0 spiro atoms. The van der Waals surface area contributed by atoms with Gasteiger partial charge in [0.2, 0.25) is 0 Å². The van der Waals surface area contributed by atoms with Gasteiger partial charge in [0.15, 0.2) is 0 Å². The minimum Gasteiger partial charge on any atom is -0.496 e. The second-order valence-corrected chi connectivity index (χ2v) is 3.50. The monoisotopic (exact) mass is 248 g/mol. The van der Waals surface area contributed by atoms with Crippen LogP contribution in [-0.2, 0) is 4.74 Å². The van der Waals surface area contributed by atoms with Crippen molar-refractivity contribution in [3.8, 4) is 5.75 Å². The summed E-state index contributed by atoms with van der Waals surface area (Å²) >= 11 is 11.6. The fourth-order valence-corrected chi connectivity index (χ4v) is 1.38. The maximum Gasteiger partial charge on any atom is 0.341 e. The largest absolute Gasteiger partial charge is 0.496 e. The fraction of sp³-hybridized carbons (Fsp3) is 0.300. The van der Waals surface area contributed by atoms with E-state index in [1.807, 2.05) is 0 Å². The molecule has 0 saturated carbocycles. The number of halogens is 2. The molecule has 0 aromatic heterocycles. The lowest BCUT2D eigenvalue weighted by molar-refractivity contribution is 0.0523. The van der Waals surface area contributed by atoms with E-state index in [-0.39, 0.29) is 5.56 Å². The third-order valence-electron chi connectivity index (χ3n) is 1.74. The normalized spacial score (nSPS) is 9.87. The van der Waals surface area contributed by atoms with E-state index in [0.29, 0.717) is 22.4 Å². The summed E-state index contributed by atoms with van der Waals surface area (Å²) in [6, 6.07) is 2.91.